The average Bonchev–Trinajstić information content (AvgIpc) is 2.52. The lowest BCUT2D eigenvalue weighted by Crippen LogP contribution is -2.19. The van der Waals surface area contributed by atoms with E-state index in [9.17, 15) is 10.1 Å². The summed E-state index contributed by atoms with van der Waals surface area (Å²) in [7, 11) is 3.85. The Labute approximate surface area is 105 Å². The fourth-order valence-corrected chi connectivity index (χ4v) is 1.74. The molecular weight excluding hydrogens is 244 g/mol. The third kappa shape index (κ3) is 3.17. The van der Waals surface area contributed by atoms with Gasteiger partial charge in [0, 0.05) is 12.5 Å². The van der Waals surface area contributed by atoms with Crippen LogP contribution in [0.2, 0.25) is 5.15 Å². The maximum absolute atomic E-state index is 11.0. The molecule has 0 aliphatic carbocycles. The molecule has 17 heavy (non-hydrogen) atoms. The van der Waals surface area contributed by atoms with Crippen molar-refractivity contribution in [2.24, 2.45) is 0 Å². The Kier molecular flexibility index (Phi) is 4.47. The molecule has 0 aromatic carbocycles. The third-order valence-electron chi connectivity index (χ3n) is 2.38. The van der Waals surface area contributed by atoms with Crippen LogP contribution in [0, 0.1) is 10.1 Å². The van der Waals surface area contributed by atoms with E-state index in [1.165, 1.54) is 4.68 Å². The zero-order chi connectivity index (χ0) is 13.2. The Bertz CT molecular complexity index is 415. The van der Waals surface area contributed by atoms with E-state index in [0.717, 1.165) is 6.54 Å². The molecule has 96 valence electrons. The summed E-state index contributed by atoms with van der Waals surface area (Å²) in [4.78, 5) is 12.5. The smallest absolute Gasteiger partial charge is 0.308 e. The molecule has 0 saturated heterocycles. The summed E-state index contributed by atoms with van der Waals surface area (Å²) in [5.74, 6) is -0.0199. The van der Waals surface area contributed by atoms with Crippen LogP contribution in [0.3, 0.4) is 0 Å². The summed E-state index contributed by atoms with van der Waals surface area (Å²) in [6.07, 6.45) is 0. The van der Waals surface area contributed by atoms with E-state index in [1.54, 1.807) is 0 Å². The van der Waals surface area contributed by atoms with Crippen LogP contribution in [0.5, 0.6) is 0 Å². The highest BCUT2D eigenvalue weighted by atomic mass is 35.5. The number of hydrogen-bond acceptors (Lipinski definition) is 4. The van der Waals surface area contributed by atoms with E-state index in [4.69, 9.17) is 11.6 Å². The van der Waals surface area contributed by atoms with E-state index in [-0.39, 0.29) is 16.8 Å². The molecule has 0 atom stereocenters. The molecule has 0 N–H and O–H groups in total. The van der Waals surface area contributed by atoms with Crippen LogP contribution in [0.25, 0.3) is 0 Å². The first-order valence-corrected chi connectivity index (χ1v) is 5.77. The van der Waals surface area contributed by atoms with Crippen molar-refractivity contribution in [3.05, 3.63) is 21.0 Å². The molecule has 0 aliphatic rings. The first-order valence-electron chi connectivity index (χ1n) is 5.40. The molecule has 0 amide bonds. The Morgan fingerprint density at radius 3 is 2.47 bits per heavy atom. The van der Waals surface area contributed by atoms with Crippen molar-refractivity contribution in [2.75, 3.05) is 20.6 Å². The second-order valence-electron chi connectivity index (χ2n) is 4.46. The lowest BCUT2D eigenvalue weighted by atomic mass is 10.1. The number of nitro groups is 1. The highest BCUT2D eigenvalue weighted by Crippen LogP contribution is 2.32. The molecule has 0 radical (unpaired) electrons. The van der Waals surface area contributed by atoms with Gasteiger partial charge in [-0.25, -0.2) is 4.68 Å². The molecule has 0 bridgehead atoms. The summed E-state index contributed by atoms with van der Waals surface area (Å²) in [6, 6.07) is 0. The van der Waals surface area contributed by atoms with Gasteiger partial charge in [0.15, 0.2) is 0 Å². The van der Waals surface area contributed by atoms with Crippen molar-refractivity contribution >= 4 is 17.3 Å². The molecule has 1 aromatic heterocycles. The van der Waals surface area contributed by atoms with Crippen LogP contribution in [-0.4, -0.2) is 40.2 Å². The lowest BCUT2D eigenvalue weighted by Gasteiger charge is -2.09. The fraction of sp³-hybridized carbons (Fsp3) is 0.700. The summed E-state index contributed by atoms with van der Waals surface area (Å²) < 4.78 is 1.50. The Morgan fingerprint density at radius 1 is 1.53 bits per heavy atom. The molecule has 7 heteroatoms. The van der Waals surface area contributed by atoms with E-state index in [2.05, 4.69) is 5.10 Å². The maximum atomic E-state index is 11.0. The Hall–Kier alpha value is -1.14. The normalized spacial score (nSPS) is 11.5. The summed E-state index contributed by atoms with van der Waals surface area (Å²) in [5.41, 5.74) is 0.374. The van der Waals surface area contributed by atoms with Crippen LogP contribution < -0.4 is 0 Å². The van der Waals surface area contributed by atoms with Gasteiger partial charge in [-0.3, -0.25) is 10.1 Å². The third-order valence-corrected chi connectivity index (χ3v) is 2.76. The van der Waals surface area contributed by atoms with Gasteiger partial charge in [0.25, 0.3) is 0 Å². The van der Waals surface area contributed by atoms with Crippen LogP contribution >= 0.6 is 11.6 Å². The van der Waals surface area contributed by atoms with E-state index in [0.29, 0.717) is 12.2 Å². The number of likely N-dealkylation sites (N-methyl/N-ethyl adjacent to an activating group) is 1. The zero-order valence-electron chi connectivity index (χ0n) is 10.5. The minimum absolute atomic E-state index is 0.0199. The fourth-order valence-electron chi connectivity index (χ4n) is 1.45. The molecule has 6 nitrogen and oxygen atoms in total. The first kappa shape index (κ1) is 13.9. The second-order valence-corrected chi connectivity index (χ2v) is 4.82. The van der Waals surface area contributed by atoms with Gasteiger partial charge in [-0.15, -0.1) is 0 Å². The minimum atomic E-state index is -0.461. The molecule has 1 aromatic rings. The Morgan fingerprint density at radius 2 is 2.12 bits per heavy atom. The van der Waals surface area contributed by atoms with Gasteiger partial charge >= 0.3 is 5.69 Å². The predicted molar refractivity (Wildman–Crippen MR) is 66.5 cm³/mol. The topological polar surface area (TPSA) is 64.2 Å². The summed E-state index contributed by atoms with van der Waals surface area (Å²) in [6.45, 7) is 5.00. The molecule has 0 spiro atoms. The SMILES string of the molecule is CC(C)c1nn(CCN(C)C)c(Cl)c1[N+](=O)[O-]. The van der Waals surface area contributed by atoms with Crippen LogP contribution in [0.15, 0.2) is 0 Å². The standard InChI is InChI=1S/C10H17ClN4O2/c1-7(2)8-9(15(16)17)10(11)14(12-8)6-5-13(3)4/h7H,5-6H2,1-4H3. The number of hydrogen-bond donors (Lipinski definition) is 0. The minimum Gasteiger partial charge on any atom is -0.308 e. The van der Waals surface area contributed by atoms with Gasteiger partial charge in [0.2, 0.25) is 5.15 Å². The van der Waals surface area contributed by atoms with Crippen molar-refractivity contribution in [1.29, 1.82) is 0 Å². The quantitative estimate of drug-likeness (QED) is 0.601. The second kappa shape index (κ2) is 5.46. The maximum Gasteiger partial charge on any atom is 0.329 e. The molecular formula is C10H17ClN4O2. The highest BCUT2D eigenvalue weighted by Gasteiger charge is 2.28. The molecule has 0 saturated carbocycles. The van der Waals surface area contributed by atoms with Crippen molar-refractivity contribution < 1.29 is 4.92 Å². The van der Waals surface area contributed by atoms with Crippen molar-refractivity contribution in [3.8, 4) is 0 Å². The summed E-state index contributed by atoms with van der Waals surface area (Å²) >= 11 is 5.99. The number of rotatable bonds is 5. The van der Waals surface area contributed by atoms with Crippen molar-refractivity contribution in [1.82, 2.24) is 14.7 Å². The zero-order valence-corrected chi connectivity index (χ0v) is 11.2. The van der Waals surface area contributed by atoms with Crippen LogP contribution in [0.1, 0.15) is 25.5 Å². The van der Waals surface area contributed by atoms with Crippen LogP contribution in [0.4, 0.5) is 5.69 Å². The largest absolute Gasteiger partial charge is 0.329 e. The molecule has 0 aliphatic heterocycles. The highest BCUT2D eigenvalue weighted by molar-refractivity contribution is 6.31. The first-order chi connectivity index (χ1) is 7.84. The summed E-state index contributed by atoms with van der Waals surface area (Å²) in [5, 5.41) is 15.3. The van der Waals surface area contributed by atoms with Gasteiger partial charge in [0.1, 0.15) is 5.69 Å². The van der Waals surface area contributed by atoms with Gasteiger partial charge in [-0.05, 0) is 14.1 Å². The predicted octanol–water partition coefficient (Wildman–Crippen LogP) is 2.13. The van der Waals surface area contributed by atoms with E-state index >= 15 is 0 Å². The van der Waals surface area contributed by atoms with Crippen molar-refractivity contribution in [3.63, 3.8) is 0 Å². The number of aromatic nitrogens is 2. The van der Waals surface area contributed by atoms with Gasteiger partial charge in [-0.1, -0.05) is 25.4 Å². The Balaban J connectivity index is 3.08. The lowest BCUT2D eigenvalue weighted by molar-refractivity contribution is -0.385. The monoisotopic (exact) mass is 260 g/mol. The molecule has 1 rings (SSSR count). The van der Waals surface area contributed by atoms with E-state index in [1.807, 2.05) is 32.8 Å². The van der Waals surface area contributed by atoms with Gasteiger partial charge in [0.05, 0.1) is 11.5 Å². The number of halogens is 1. The van der Waals surface area contributed by atoms with Gasteiger partial charge < -0.3 is 4.90 Å². The number of nitrogens with zero attached hydrogens (tertiary/aromatic N) is 4. The molecule has 0 unspecified atom stereocenters. The molecule has 0 fully saturated rings. The molecule has 1 heterocycles. The van der Waals surface area contributed by atoms with Crippen LogP contribution in [-0.2, 0) is 6.54 Å². The van der Waals surface area contributed by atoms with Crippen molar-refractivity contribution in [2.45, 2.75) is 26.3 Å². The van der Waals surface area contributed by atoms with Gasteiger partial charge in [-0.2, -0.15) is 5.10 Å². The average molecular weight is 261 g/mol. The van der Waals surface area contributed by atoms with E-state index < -0.39 is 4.92 Å².